The molecule has 0 radical (unpaired) electrons. The van der Waals surface area contributed by atoms with Gasteiger partial charge in [0, 0.05) is 51.4 Å². The molecule has 2 aliphatic heterocycles. The maximum atomic E-state index is 13.1. The Kier molecular flexibility index (Phi) is 7.25. The van der Waals surface area contributed by atoms with Gasteiger partial charge in [0.05, 0.1) is 12.5 Å². The van der Waals surface area contributed by atoms with E-state index >= 15 is 0 Å². The number of nitrogens with zero attached hydrogens (tertiary/aromatic N) is 3. The maximum absolute atomic E-state index is 13.1. The molecule has 2 saturated heterocycles. The van der Waals surface area contributed by atoms with Gasteiger partial charge in [-0.25, -0.2) is 0 Å². The molecule has 1 aromatic carbocycles. The summed E-state index contributed by atoms with van der Waals surface area (Å²) in [5, 5.41) is 2.82. The Labute approximate surface area is 173 Å². The Balaban J connectivity index is 1.56. The minimum atomic E-state index is -0.289. The van der Waals surface area contributed by atoms with Crippen molar-refractivity contribution in [2.24, 2.45) is 5.92 Å². The Bertz CT molecular complexity index is 734. The normalized spacial score (nSPS) is 20.6. The molecule has 0 aliphatic carbocycles. The number of aryl methyl sites for hydroxylation is 1. The standard InChI is InChI=1S/C22H32N4O3/c1-3-17-6-8-19(9-7-17)26-15-18(14-21(26)28)22(29)25-11-5-10-24(12-13-25)16-20(27)23-4-2/h6-9,18H,3-5,10-16H2,1-2H3,(H,23,27). The number of hydrogen-bond donors (Lipinski definition) is 1. The molecule has 7 heteroatoms. The van der Waals surface area contributed by atoms with Crippen molar-refractivity contribution in [3.63, 3.8) is 0 Å². The fraction of sp³-hybridized carbons (Fsp3) is 0.591. The van der Waals surface area contributed by atoms with E-state index in [9.17, 15) is 14.4 Å². The van der Waals surface area contributed by atoms with Crippen LogP contribution in [0.15, 0.2) is 24.3 Å². The molecule has 3 amide bonds. The first-order valence-electron chi connectivity index (χ1n) is 10.7. The molecule has 2 fully saturated rings. The van der Waals surface area contributed by atoms with Gasteiger partial charge in [-0.1, -0.05) is 19.1 Å². The van der Waals surface area contributed by atoms with Crippen molar-refractivity contribution in [2.45, 2.75) is 33.1 Å². The van der Waals surface area contributed by atoms with E-state index in [-0.39, 0.29) is 30.1 Å². The second-order valence-corrected chi connectivity index (χ2v) is 7.83. The van der Waals surface area contributed by atoms with Crippen LogP contribution in [0.5, 0.6) is 0 Å². The van der Waals surface area contributed by atoms with Gasteiger partial charge in [-0.2, -0.15) is 0 Å². The molecule has 158 valence electrons. The van der Waals surface area contributed by atoms with Crippen LogP contribution >= 0.6 is 0 Å². The van der Waals surface area contributed by atoms with Crippen LogP contribution in [0.25, 0.3) is 0 Å². The van der Waals surface area contributed by atoms with Gasteiger partial charge in [-0.3, -0.25) is 19.3 Å². The summed E-state index contributed by atoms with van der Waals surface area (Å²) < 4.78 is 0. The molecule has 29 heavy (non-hydrogen) atoms. The van der Waals surface area contributed by atoms with Crippen molar-refractivity contribution in [3.8, 4) is 0 Å². The van der Waals surface area contributed by atoms with Crippen molar-refractivity contribution in [1.29, 1.82) is 0 Å². The maximum Gasteiger partial charge on any atom is 0.234 e. The molecule has 1 aromatic rings. The average Bonchev–Trinajstić information content (AvgIpc) is 2.96. The van der Waals surface area contributed by atoms with Crippen molar-refractivity contribution < 1.29 is 14.4 Å². The third-order valence-electron chi connectivity index (χ3n) is 5.77. The molecule has 0 spiro atoms. The fourth-order valence-corrected chi connectivity index (χ4v) is 4.10. The fourth-order valence-electron chi connectivity index (χ4n) is 4.10. The minimum Gasteiger partial charge on any atom is -0.355 e. The number of benzene rings is 1. The van der Waals surface area contributed by atoms with Gasteiger partial charge >= 0.3 is 0 Å². The lowest BCUT2D eigenvalue weighted by atomic mass is 10.1. The zero-order chi connectivity index (χ0) is 20.8. The molecule has 0 bridgehead atoms. The first kappa shape index (κ1) is 21.3. The Morgan fingerprint density at radius 3 is 2.52 bits per heavy atom. The summed E-state index contributed by atoms with van der Waals surface area (Å²) in [5.74, 6) is -0.187. The van der Waals surface area contributed by atoms with Gasteiger partial charge in [0.15, 0.2) is 0 Å². The first-order valence-corrected chi connectivity index (χ1v) is 10.7. The molecule has 2 aliphatic rings. The highest BCUT2D eigenvalue weighted by atomic mass is 16.2. The van der Waals surface area contributed by atoms with Crippen LogP contribution in [0.4, 0.5) is 5.69 Å². The van der Waals surface area contributed by atoms with Crippen LogP contribution in [0.3, 0.4) is 0 Å². The van der Waals surface area contributed by atoms with Crippen LogP contribution in [0.2, 0.25) is 0 Å². The Morgan fingerprint density at radius 1 is 1.07 bits per heavy atom. The molecule has 1 N–H and O–H groups in total. The summed E-state index contributed by atoms with van der Waals surface area (Å²) in [4.78, 5) is 43.1. The van der Waals surface area contributed by atoms with E-state index in [4.69, 9.17) is 0 Å². The highest BCUT2D eigenvalue weighted by molar-refractivity contribution is 6.00. The van der Waals surface area contributed by atoms with Gasteiger partial charge in [-0.05, 0) is 37.5 Å². The third-order valence-corrected chi connectivity index (χ3v) is 5.77. The molecular formula is C22H32N4O3. The van der Waals surface area contributed by atoms with Crippen LogP contribution in [-0.4, -0.2) is 73.3 Å². The van der Waals surface area contributed by atoms with Crippen LogP contribution < -0.4 is 10.2 Å². The summed E-state index contributed by atoms with van der Waals surface area (Å²) in [7, 11) is 0. The molecular weight excluding hydrogens is 368 g/mol. The van der Waals surface area contributed by atoms with Crippen LogP contribution in [-0.2, 0) is 20.8 Å². The second kappa shape index (κ2) is 9.87. The average molecular weight is 401 g/mol. The molecule has 1 atom stereocenters. The minimum absolute atomic E-state index is 0.0142. The Hall–Kier alpha value is -2.41. The van der Waals surface area contributed by atoms with Crippen molar-refractivity contribution >= 4 is 23.4 Å². The summed E-state index contributed by atoms with van der Waals surface area (Å²) in [5.41, 5.74) is 2.10. The third kappa shape index (κ3) is 5.35. The monoisotopic (exact) mass is 400 g/mol. The van der Waals surface area contributed by atoms with Gasteiger partial charge in [-0.15, -0.1) is 0 Å². The predicted molar refractivity (Wildman–Crippen MR) is 113 cm³/mol. The van der Waals surface area contributed by atoms with Crippen LogP contribution in [0, 0.1) is 5.92 Å². The summed E-state index contributed by atoms with van der Waals surface area (Å²) in [6.07, 6.45) is 2.07. The van der Waals surface area contributed by atoms with E-state index in [0.29, 0.717) is 39.3 Å². The summed E-state index contributed by atoms with van der Waals surface area (Å²) >= 11 is 0. The zero-order valence-electron chi connectivity index (χ0n) is 17.5. The number of hydrogen-bond acceptors (Lipinski definition) is 4. The summed E-state index contributed by atoms with van der Waals surface area (Å²) in [6.45, 7) is 8.24. The predicted octanol–water partition coefficient (Wildman–Crippen LogP) is 1.27. The number of carbonyl (C=O) groups is 3. The van der Waals surface area contributed by atoms with Gasteiger partial charge < -0.3 is 15.1 Å². The lowest BCUT2D eigenvalue weighted by molar-refractivity contribution is -0.135. The topological polar surface area (TPSA) is 73.0 Å². The second-order valence-electron chi connectivity index (χ2n) is 7.83. The van der Waals surface area contributed by atoms with E-state index in [0.717, 1.165) is 25.1 Å². The molecule has 7 nitrogen and oxygen atoms in total. The van der Waals surface area contributed by atoms with Crippen molar-refractivity contribution in [3.05, 3.63) is 29.8 Å². The lowest BCUT2D eigenvalue weighted by Crippen LogP contribution is -2.41. The van der Waals surface area contributed by atoms with Crippen molar-refractivity contribution in [1.82, 2.24) is 15.1 Å². The Morgan fingerprint density at radius 2 is 1.83 bits per heavy atom. The van der Waals surface area contributed by atoms with Crippen molar-refractivity contribution in [2.75, 3.05) is 50.7 Å². The lowest BCUT2D eigenvalue weighted by Gasteiger charge is -2.24. The largest absolute Gasteiger partial charge is 0.355 e. The first-order chi connectivity index (χ1) is 14.0. The smallest absolute Gasteiger partial charge is 0.234 e. The molecule has 1 unspecified atom stereocenters. The molecule has 0 saturated carbocycles. The molecule has 2 heterocycles. The SMILES string of the molecule is CCNC(=O)CN1CCCN(C(=O)C2CC(=O)N(c3ccc(CC)cc3)C2)CC1. The highest BCUT2D eigenvalue weighted by Crippen LogP contribution is 2.27. The number of anilines is 1. The number of nitrogens with one attached hydrogen (secondary N) is 1. The van der Waals surface area contributed by atoms with Crippen LogP contribution in [0.1, 0.15) is 32.3 Å². The number of carbonyl (C=O) groups excluding carboxylic acids is 3. The van der Waals surface area contributed by atoms with Gasteiger partial charge in [0.25, 0.3) is 0 Å². The van der Waals surface area contributed by atoms with E-state index in [2.05, 4.69) is 17.1 Å². The number of likely N-dealkylation sites (N-methyl/N-ethyl adjacent to an activating group) is 1. The summed E-state index contributed by atoms with van der Waals surface area (Å²) in [6, 6.07) is 8.01. The van der Waals surface area contributed by atoms with Gasteiger partial charge in [0.2, 0.25) is 17.7 Å². The van der Waals surface area contributed by atoms with Gasteiger partial charge in [0.1, 0.15) is 0 Å². The van der Waals surface area contributed by atoms with E-state index in [1.165, 1.54) is 5.56 Å². The zero-order valence-corrected chi connectivity index (χ0v) is 17.5. The van der Waals surface area contributed by atoms with E-state index in [1.54, 1.807) is 4.90 Å². The number of rotatable bonds is 6. The molecule has 3 rings (SSSR count). The van der Waals surface area contributed by atoms with E-state index < -0.39 is 0 Å². The quantitative estimate of drug-likeness (QED) is 0.781. The van der Waals surface area contributed by atoms with E-state index in [1.807, 2.05) is 36.1 Å². The molecule has 0 aromatic heterocycles. The number of amides is 3. The highest BCUT2D eigenvalue weighted by Gasteiger charge is 2.37.